The first-order valence-corrected chi connectivity index (χ1v) is 8.82. The van der Waals surface area contributed by atoms with E-state index in [1.165, 1.54) is 11.1 Å². The molecule has 2 rings (SSSR count). The lowest BCUT2D eigenvalue weighted by atomic mass is 10.1. The lowest BCUT2D eigenvalue weighted by molar-refractivity contribution is 0.184. The summed E-state index contributed by atoms with van der Waals surface area (Å²) in [4.78, 5) is 0. The minimum Gasteiger partial charge on any atom is -0.493 e. The highest BCUT2D eigenvalue weighted by molar-refractivity contribution is 7.80. The summed E-state index contributed by atoms with van der Waals surface area (Å²) < 4.78 is 28.8. The van der Waals surface area contributed by atoms with Crippen LogP contribution in [-0.2, 0) is 11.3 Å². The first kappa shape index (κ1) is 20.0. The number of benzene rings is 2. The van der Waals surface area contributed by atoms with Gasteiger partial charge in [0.25, 0.3) is 5.17 Å². The van der Waals surface area contributed by atoms with Crippen LogP contribution in [0.1, 0.15) is 29.2 Å². The molecule has 0 fully saturated rings. The van der Waals surface area contributed by atoms with E-state index in [1.54, 1.807) is 0 Å². The first-order valence-electron chi connectivity index (χ1n) is 8.41. The van der Waals surface area contributed by atoms with E-state index in [2.05, 4.69) is 30.0 Å². The summed E-state index contributed by atoms with van der Waals surface area (Å²) in [5.74, 6) is 1.50. The highest BCUT2D eigenvalue weighted by atomic mass is 32.1. The monoisotopic (exact) mass is 377 g/mol. The van der Waals surface area contributed by atoms with Crippen molar-refractivity contribution in [3.8, 4) is 11.5 Å². The second-order valence-corrected chi connectivity index (χ2v) is 6.24. The minimum atomic E-state index is -0.981. The van der Waals surface area contributed by atoms with Gasteiger partial charge in [-0.3, -0.25) is 0 Å². The van der Waals surface area contributed by atoms with Crippen molar-refractivity contribution in [3.63, 3.8) is 0 Å². The largest absolute Gasteiger partial charge is 0.493 e. The summed E-state index contributed by atoms with van der Waals surface area (Å²) in [5, 5.41) is 2.85. The number of alkyl halides is 1. The van der Waals surface area contributed by atoms with Crippen LogP contribution in [0.15, 0.2) is 30.3 Å². The Morgan fingerprint density at radius 3 is 2.46 bits per heavy atom. The van der Waals surface area contributed by atoms with E-state index >= 15 is 0 Å². The van der Waals surface area contributed by atoms with Crippen molar-refractivity contribution in [2.24, 2.45) is 0 Å². The van der Waals surface area contributed by atoms with E-state index in [-0.39, 0.29) is 11.8 Å². The number of hydrogen-bond acceptors (Lipinski definition) is 4. The Bertz CT molecular complexity index is 780. The number of nitrogens with one attached hydrogen (secondary N) is 1. The van der Waals surface area contributed by atoms with Crippen molar-refractivity contribution in [1.29, 1.82) is 0 Å². The number of halogens is 1. The maximum absolute atomic E-state index is 12.3. The second kappa shape index (κ2) is 9.38. The van der Waals surface area contributed by atoms with Crippen LogP contribution >= 0.6 is 12.2 Å². The standard InChI is InChI=1S/C20H24FNO3S/c1-5-23-18-8-6-7-17(22-20(26)25-12-21)16(18)11-24-19-10-14(3)13(2)9-15(19)4/h6-10H,5,11-12H2,1-4H3,(H,22,26). The summed E-state index contributed by atoms with van der Waals surface area (Å²) in [6.07, 6.45) is 0. The van der Waals surface area contributed by atoms with Crippen LogP contribution in [0.5, 0.6) is 11.5 Å². The molecule has 0 aliphatic carbocycles. The van der Waals surface area contributed by atoms with Gasteiger partial charge in [0.05, 0.1) is 17.9 Å². The van der Waals surface area contributed by atoms with Crippen LogP contribution in [0, 0.1) is 20.8 Å². The van der Waals surface area contributed by atoms with E-state index in [0.29, 0.717) is 18.0 Å². The second-order valence-electron chi connectivity index (χ2n) is 5.87. The fourth-order valence-electron chi connectivity index (χ4n) is 2.56. The zero-order valence-corrected chi connectivity index (χ0v) is 16.3. The van der Waals surface area contributed by atoms with E-state index < -0.39 is 6.86 Å². The molecule has 2 aromatic rings. The zero-order valence-electron chi connectivity index (χ0n) is 15.5. The SMILES string of the molecule is CCOc1cccc(NC(=S)OCF)c1COc1cc(C)c(C)cc1C. The van der Waals surface area contributed by atoms with E-state index in [0.717, 1.165) is 16.9 Å². The number of hydrogen-bond donors (Lipinski definition) is 1. The molecular formula is C20H24FNO3S. The molecule has 0 atom stereocenters. The predicted molar refractivity (Wildman–Crippen MR) is 106 cm³/mol. The Morgan fingerprint density at radius 2 is 1.77 bits per heavy atom. The van der Waals surface area contributed by atoms with Gasteiger partial charge in [0.15, 0.2) is 0 Å². The van der Waals surface area contributed by atoms with Crippen LogP contribution in [-0.4, -0.2) is 18.6 Å². The van der Waals surface area contributed by atoms with Crippen LogP contribution in [0.25, 0.3) is 0 Å². The summed E-state index contributed by atoms with van der Waals surface area (Å²) in [5.41, 5.74) is 4.90. The maximum Gasteiger partial charge on any atom is 0.263 e. The molecule has 0 radical (unpaired) electrons. The van der Waals surface area contributed by atoms with Gasteiger partial charge in [-0.2, -0.15) is 0 Å². The molecule has 0 heterocycles. The lowest BCUT2D eigenvalue weighted by Gasteiger charge is -2.18. The third-order valence-electron chi connectivity index (χ3n) is 4.02. The van der Waals surface area contributed by atoms with Gasteiger partial charge in [-0.15, -0.1) is 0 Å². The van der Waals surface area contributed by atoms with Crippen molar-refractivity contribution in [3.05, 3.63) is 52.6 Å². The van der Waals surface area contributed by atoms with Gasteiger partial charge in [-0.25, -0.2) is 4.39 Å². The normalized spacial score (nSPS) is 10.3. The van der Waals surface area contributed by atoms with E-state index in [9.17, 15) is 4.39 Å². The molecule has 0 aromatic heterocycles. The number of thiocarbonyl (C=S) groups is 1. The summed E-state index contributed by atoms with van der Waals surface area (Å²) in [6, 6.07) is 9.64. The van der Waals surface area contributed by atoms with Crippen LogP contribution in [0.4, 0.5) is 10.1 Å². The van der Waals surface area contributed by atoms with Crippen LogP contribution in [0.2, 0.25) is 0 Å². The molecular weight excluding hydrogens is 353 g/mol. The highest BCUT2D eigenvalue weighted by Crippen LogP contribution is 2.30. The number of anilines is 1. The Hall–Kier alpha value is -2.34. The van der Waals surface area contributed by atoms with Crippen LogP contribution in [0.3, 0.4) is 0 Å². The van der Waals surface area contributed by atoms with Crippen molar-refractivity contribution < 1.29 is 18.6 Å². The molecule has 4 nitrogen and oxygen atoms in total. The van der Waals surface area contributed by atoms with Crippen molar-refractivity contribution >= 4 is 23.1 Å². The van der Waals surface area contributed by atoms with Gasteiger partial charge in [-0.05, 0) is 74.8 Å². The fourth-order valence-corrected chi connectivity index (χ4v) is 2.71. The maximum atomic E-state index is 12.3. The van der Waals surface area contributed by atoms with E-state index in [1.807, 2.05) is 38.1 Å². The average Bonchev–Trinajstić information content (AvgIpc) is 2.59. The summed E-state index contributed by atoms with van der Waals surface area (Å²) in [6.45, 7) is 7.86. The fraction of sp³-hybridized carbons (Fsp3) is 0.350. The van der Waals surface area contributed by atoms with Crippen molar-refractivity contribution in [2.45, 2.75) is 34.3 Å². The van der Waals surface area contributed by atoms with Gasteiger partial charge >= 0.3 is 0 Å². The number of aryl methyl sites for hydroxylation is 3. The smallest absolute Gasteiger partial charge is 0.263 e. The first-order chi connectivity index (χ1) is 12.5. The molecule has 0 bridgehead atoms. The van der Waals surface area contributed by atoms with Crippen molar-refractivity contribution in [2.75, 3.05) is 18.8 Å². The van der Waals surface area contributed by atoms with E-state index in [4.69, 9.17) is 21.7 Å². The third-order valence-corrected chi connectivity index (χ3v) is 4.24. The number of ether oxygens (including phenoxy) is 3. The predicted octanol–water partition coefficient (Wildman–Crippen LogP) is 5.23. The van der Waals surface area contributed by atoms with Crippen molar-refractivity contribution in [1.82, 2.24) is 0 Å². The highest BCUT2D eigenvalue weighted by Gasteiger charge is 2.13. The molecule has 0 spiro atoms. The Kier molecular flexibility index (Phi) is 7.21. The minimum absolute atomic E-state index is 0.0373. The topological polar surface area (TPSA) is 39.7 Å². The molecule has 26 heavy (non-hydrogen) atoms. The molecule has 0 aliphatic heterocycles. The van der Waals surface area contributed by atoms with Crippen LogP contribution < -0.4 is 14.8 Å². The Labute approximate surface area is 159 Å². The van der Waals surface area contributed by atoms with Gasteiger partial charge in [0, 0.05) is 0 Å². The lowest BCUT2D eigenvalue weighted by Crippen LogP contribution is -2.15. The summed E-state index contributed by atoms with van der Waals surface area (Å²) in [7, 11) is 0. The third kappa shape index (κ3) is 5.08. The molecule has 0 saturated heterocycles. The Morgan fingerprint density at radius 1 is 1.04 bits per heavy atom. The molecule has 2 aromatic carbocycles. The number of rotatable bonds is 7. The molecule has 0 aliphatic rings. The molecule has 0 unspecified atom stereocenters. The molecule has 0 saturated carbocycles. The zero-order chi connectivity index (χ0) is 19.1. The molecule has 1 N–H and O–H groups in total. The molecule has 6 heteroatoms. The Balaban J connectivity index is 2.28. The summed E-state index contributed by atoms with van der Waals surface area (Å²) >= 11 is 4.98. The molecule has 0 amide bonds. The molecule has 140 valence electrons. The van der Waals surface area contributed by atoms with Gasteiger partial charge in [0.1, 0.15) is 18.1 Å². The van der Waals surface area contributed by atoms with Gasteiger partial charge < -0.3 is 19.5 Å². The quantitative estimate of drug-likeness (QED) is 0.669. The average molecular weight is 377 g/mol. The van der Waals surface area contributed by atoms with Gasteiger partial charge in [0.2, 0.25) is 6.86 Å². The van der Waals surface area contributed by atoms with Gasteiger partial charge in [-0.1, -0.05) is 12.1 Å².